The standard InChI is InChI=1S/C24H16Cl4N2O2/c25-17-9-5-15(13-19(17)27)7-11-23(31)29-21-3-1-2-4-22(21)30-24(32)12-8-16-6-10-18(26)20(28)14-16/h1-14H,(H,29,31)(H,30,32)/b11-7+,12-8+. The highest BCUT2D eigenvalue weighted by molar-refractivity contribution is 6.42. The molecule has 0 radical (unpaired) electrons. The lowest BCUT2D eigenvalue weighted by Gasteiger charge is -2.10. The predicted molar refractivity (Wildman–Crippen MR) is 135 cm³/mol. The highest BCUT2D eigenvalue weighted by Crippen LogP contribution is 2.25. The number of hydrogen-bond donors (Lipinski definition) is 2. The molecular formula is C24H16Cl4N2O2. The van der Waals surface area contributed by atoms with Crippen molar-refractivity contribution in [1.82, 2.24) is 0 Å². The summed E-state index contributed by atoms with van der Waals surface area (Å²) in [5.74, 6) is -0.742. The quantitative estimate of drug-likeness (QED) is 0.339. The van der Waals surface area contributed by atoms with Gasteiger partial charge in [-0.25, -0.2) is 0 Å². The molecule has 0 aliphatic heterocycles. The summed E-state index contributed by atoms with van der Waals surface area (Å²) in [4.78, 5) is 24.7. The first kappa shape index (κ1) is 23.9. The molecule has 8 heteroatoms. The van der Waals surface area contributed by atoms with Crippen molar-refractivity contribution in [2.45, 2.75) is 0 Å². The van der Waals surface area contributed by atoms with Gasteiger partial charge in [0.25, 0.3) is 0 Å². The lowest BCUT2D eigenvalue weighted by Crippen LogP contribution is -2.13. The zero-order chi connectivity index (χ0) is 23.1. The zero-order valence-electron chi connectivity index (χ0n) is 16.4. The van der Waals surface area contributed by atoms with Crippen LogP contribution in [0.25, 0.3) is 12.2 Å². The van der Waals surface area contributed by atoms with Gasteiger partial charge in [0.05, 0.1) is 31.5 Å². The van der Waals surface area contributed by atoms with Gasteiger partial charge in [0.2, 0.25) is 11.8 Å². The fraction of sp³-hybridized carbons (Fsp3) is 0. The lowest BCUT2D eigenvalue weighted by atomic mass is 10.2. The van der Waals surface area contributed by atoms with Crippen LogP contribution < -0.4 is 10.6 Å². The summed E-state index contributed by atoms with van der Waals surface area (Å²) in [5.41, 5.74) is 2.35. The van der Waals surface area contributed by atoms with E-state index in [1.807, 2.05) is 0 Å². The molecule has 0 bridgehead atoms. The third-order valence-corrected chi connectivity index (χ3v) is 5.66. The number of halogens is 4. The van der Waals surface area contributed by atoms with Crippen LogP contribution in [0.3, 0.4) is 0 Å². The average Bonchev–Trinajstić information content (AvgIpc) is 2.77. The second-order valence-electron chi connectivity index (χ2n) is 6.54. The first-order chi connectivity index (χ1) is 15.3. The smallest absolute Gasteiger partial charge is 0.248 e. The minimum atomic E-state index is -0.371. The van der Waals surface area contributed by atoms with E-state index < -0.39 is 0 Å². The van der Waals surface area contributed by atoms with Gasteiger partial charge in [-0.3, -0.25) is 9.59 Å². The summed E-state index contributed by atoms with van der Waals surface area (Å²) in [5, 5.41) is 7.16. The van der Waals surface area contributed by atoms with Gasteiger partial charge >= 0.3 is 0 Å². The van der Waals surface area contributed by atoms with Gasteiger partial charge in [0.1, 0.15) is 0 Å². The Bertz CT molecular complexity index is 1130. The van der Waals surface area contributed by atoms with Crippen LogP contribution in [0.4, 0.5) is 11.4 Å². The summed E-state index contributed by atoms with van der Waals surface area (Å²) >= 11 is 23.8. The minimum absolute atomic E-state index is 0.371. The van der Waals surface area contributed by atoms with Crippen molar-refractivity contribution < 1.29 is 9.59 Å². The fourth-order valence-corrected chi connectivity index (χ4v) is 3.24. The Morgan fingerprint density at radius 1 is 0.594 bits per heavy atom. The number of anilines is 2. The summed E-state index contributed by atoms with van der Waals surface area (Å²) in [6.07, 6.45) is 5.95. The van der Waals surface area contributed by atoms with Crippen LogP contribution in [0.5, 0.6) is 0 Å². The van der Waals surface area contributed by atoms with Crippen molar-refractivity contribution in [1.29, 1.82) is 0 Å². The number of carbonyl (C=O) groups is 2. The molecule has 162 valence electrons. The number of rotatable bonds is 6. The van der Waals surface area contributed by atoms with Gasteiger partial charge in [-0.15, -0.1) is 0 Å². The molecule has 4 nitrogen and oxygen atoms in total. The SMILES string of the molecule is O=C(/C=C/c1ccc(Cl)c(Cl)c1)Nc1ccccc1NC(=O)/C=C/c1ccc(Cl)c(Cl)c1. The second kappa shape index (κ2) is 11.2. The predicted octanol–water partition coefficient (Wildman–Crippen LogP) is 7.60. The normalized spacial score (nSPS) is 11.1. The van der Waals surface area contributed by atoms with Gasteiger partial charge < -0.3 is 10.6 Å². The highest BCUT2D eigenvalue weighted by atomic mass is 35.5. The largest absolute Gasteiger partial charge is 0.321 e. The third kappa shape index (κ3) is 6.87. The van der Waals surface area contributed by atoms with Crippen molar-refractivity contribution in [3.8, 4) is 0 Å². The van der Waals surface area contributed by atoms with Crippen molar-refractivity contribution in [3.63, 3.8) is 0 Å². The maximum atomic E-state index is 12.3. The molecule has 0 heterocycles. The number of carbonyl (C=O) groups excluding carboxylic acids is 2. The maximum absolute atomic E-state index is 12.3. The lowest BCUT2D eigenvalue weighted by molar-refractivity contribution is -0.112. The molecule has 0 saturated carbocycles. The van der Waals surface area contributed by atoms with E-state index in [1.165, 1.54) is 12.2 Å². The van der Waals surface area contributed by atoms with Gasteiger partial charge in [0, 0.05) is 12.2 Å². The van der Waals surface area contributed by atoms with E-state index in [0.29, 0.717) is 31.5 Å². The summed E-state index contributed by atoms with van der Waals surface area (Å²) in [6, 6.07) is 17.0. The van der Waals surface area contributed by atoms with Crippen LogP contribution in [0.15, 0.2) is 72.8 Å². The molecule has 2 amide bonds. The van der Waals surface area contributed by atoms with Crippen LogP contribution in [-0.2, 0) is 9.59 Å². The van der Waals surface area contributed by atoms with E-state index in [4.69, 9.17) is 46.4 Å². The number of benzene rings is 3. The van der Waals surface area contributed by atoms with E-state index in [-0.39, 0.29) is 11.8 Å². The first-order valence-electron chi connectivity index (χ1n) is 9.29. The molecule has 3 aromatic carbocycles. The second-order valence-corrected chi connectivity index (χ2v) is 8.17. The van der Waals surface area contributed by atoms with Crippen molar-refractivity contribution in [2.75, 3.05) is 10.6 Å². The third-order valence-electron chi connectivity index (χ3n) is 4.18. The van der Waals surface area contributed by atoms with Crippen molar-refractivity contribution >= 4 is 81.7 Å². The maximum Gasteiger partial charge on any atom is 0.248 e. The number of hydrogen-bond acceptors (Lipinski definition) is 2. The van der Waals surface area contributed by atoms with Crippen molar-refractivity contribution in [2.24, 2.45) is 0 Å². The fourth-order valence-electron chi connectivity index (χ4n) is 2.63. The number of nitrogens with one attached hydrogen (secondary N) is 2. The minimum Gasteiger partial charge on any atom is -0.321 e. The highest BCUT2D eigenvalue weighted by Gasteiger charge is 2.07. The molecule has 0 aliphatic rings. The molecule has 32 heavy (non-hydrogen) atoms. The first-order valence-corrected chi connectivity index (χ1v) is 10.8. The Hall–Kier alpha value is -2.76. The molecular weight excluding hydrogens is 490 g/mol. The Labute approximate surface area is 205 Å². The molecule has 0 fully saturated rings. The molecule has 0 unspecified atom stereocenters. The molecule has 0 atom stereocenters. The molecule has 0 saturated heterocycles. The van der Waals surface area contributed by atoms with Gasteiger partial charge in [-0.1, -0.05) is 70.7 Å². The number of amides is 2. The summed E-state index contributed by atoms with van der Waals surface area (Å²) < 4.78 is 0. The molecule has 3 rings (SSSR count). The van der Waals surface area contributed by atoms with Crippen molar-refractivity contribution in [3.05, 3.63) is 104 Å². The van der Waals surface area contributed by atoms with Crippen LogP contribution in [0.2, 0.25) is 20.1 Å². The van der Waals surface area contributed by atoms with Gasteiger partial charge in [0.15, 0.2) is 0 Å². The van der Waals surface area contributed by atoms with E-state index in [0.717, 1.165) is 11.1 Å². The Balaban J connectivity index is 1.65. The van der Waals surface area contributed by atoms with Crippen LogP contribution in [0, 0.1) is 0 Å². The van der Waals surface area contributed by atoms with Crippen LogP contribution in [0.1, 0.15) is 11.1 Å². The van der Waals surface area contributed by atoms with Gasteiger partial charge in [-0.05, 0) is 59.7 Å². The van der Waals surface area contributed by atoms with E-state index >= 15 is 0 Å². The summed E-state index contributed by atoms with van der Waals surface area (Å²) in [6.45, 7) is 0. The van der Waals surface area contributed by atoms with E-state index in [9.17, 15) is 9.59 Å². The number of para-hydroxylation sites is 2. The summed E-state index contributed by atoms with van der Waals surface area (Å²) in [7, 11) is 0. The monoisotopic (exact) mass is 504 g/mol. The molecule has 3 aromatic rings. The van der Waals surface area contributed by atoms with Crippen LogP contribution >= 0.6 is 46.4 Å². The molecule has 0 spiro atoms. The van der Waals surface area contributed by atoms with E-state index in [2.05, 4.69) is 10.6 Å². The average molecular weight is 506 g/mol. The topological polar surface area (TPSA) is 58.2 Å². The van der Waals surface area contributed by atoms with Crippen LogP contribution in [-0.4, -0.2) is 11.8 Å². The Kier molecular flexibility index (Phi) is 8.37. The molecule has 0 aromatic heterocycles. The zero-order valence-corrected chi connectivity index (χ0v) is 19.4. The Morgan fingerprint density at radius 2 is 1.00 bits per heavy atom. The Morgan fingerprint density at radius 3 is 1.38 bits per heavy atom. The molecule has 2 N–H and O–H groups in total. The molecule has 0 aliphatic carbocycles. The van der Waals surface area contributed by atoms with E-state index in [1.54, 1.807) is 72.8 Å². The van der Waals surface area contributed by atoms with Gasteiger partial charge in [-0.2, -0.15) is 0 Å².